The van der Waals surface area contributed by atoms with Crippen molar-refractivity contribution in [2.24, 2.45) is 5.92 Å². The average molecular weight is 262 g/mol. The van der Waals surface area contributed by atoms with E-state index in [4.69, 9.17) is 0 Å². The zero-order valence-electron chi connectivity index (χ0n) is 10.9. The van der Waals surface area contributed by atoms with Crippen molar-refractivity contribution in [1.82, 2.24) is 0 Å². The lowest BCUT2D eigenvalue weighted by atomic mass is 9.97. The Bertz CT molecular complexity index is 477. The van der Waals surface area contributed by atoms with E-state index in [1.54, 1.807) is 6.07 Å². The zero-order valence-corrected chi connectivity index (χ0v) is 11.7. The van der Waals surface area contributed by atoms with Crippen LogP contribution < -0.4 is 0 Å². The molecule has 0 spiro atoms. The molecule has 2 nitrogen and oxygen atoms in total. The lowest BCUT2D eigenvalue weighted by molar-refractivity contribution is -0.115. The Morgan fingerprint density at radius 1 is 1.33 bits per heavy atom. The fourth-order valence-corrected chi connectivity index (χ4v) is 3.15. The van der Waals surface area contributed by atoms with Crippen LogP contribution in [0.5, 0.6) is 0 Å². The summed E-state index contributed by atoms with van der Waals surface area (Å²) in [5.74, 6) is 0.775. The summed E-state index contributed by atoms with van der Waals surface area (Å²) in [6.07, 6.45) is 2.50. The highest BCUT2D eigenvalue weighted by molar-refractivity contribution is 7.99. The van der Waals surface area contributed by atoms with Gasteiger partial charge in [0, 0.05) is 16.9 Å². The van der Waals surface area contributed by atoms with Crippen molar-refractivity contribution < 1.29 is 9.59 Å². The van der Waals surface area contributed by atoms with Crippen molar-refractivity contribution in [2.75, 3.05) is 5.75 Å². The van der Waals surface area contributed by atoms with Crippen LogP contribution in [-0.4, -0.2) is 17.3 Å². The minimum Gasteiger partial charge on any atom is -0.290 e. The molecule has 1 aliphatic heterocycles. The van der Waals surface area contributed by atoms with Gasteiger partial charge in [-0.2, -0.15) is 0 Å². The van der Waals surface area contributed by atoms with Gasteiger partial charge in [0.15, 0.2) is 0 Å². The summed E-state index contributed by atoms with van der Waals surface area (Å²) in [6, 6.07) is 5.68. The normalized spacial score (nSPS) is 14.4. The average Bonchev–Trinajstić information content (AvgIpc) is 2.36. The van der Waals surface area contributed by atoms with Gasteiger partial charge in [-0.3, -0.25) is 9.59 Å². The predicted molar refractivity (Wildman–Crippen MR) is 74.3 cm³/mol. The Balaban J connectivity index is 2.18. The van der Waals surface area contributed by atoms with E-state index in [0.717, 1.165) is 18.6 Å². The summed E-state index contributed by atoms with van der Waals surface area (Å²) in [4.78, 5) is 25.0. The fraction of sp³-hybridized carbons (Fsp3) is 0.467. The molecule has 18 heavy (non-hydrogen) atoms. The topological polar surface area (TPSA) is 34.1 Å². The Kier molecular flexibility index (Phi) is 4.23. The molecule has 0 radical (unpaired) electrons. The summed E-state index contributed by atoms with van der Waals surface area (Å²) >= 11 is 1.83. The van der Waals surface area contributed by atoms with Gasteiger partial charge >= 0.3 is 0 Å². The van der Waals surface area contributed by atoms with Crippen LogP contribution in [0.25, 0.3) is 0 Å². The maximum absolute atomic E-state index is 12.0. The second kappa shape index (κ2) is 5.70. The third-order valence-corrected chi connectivity index (χ3v) is 4.22. The molecule has 1 aromatic rings. The summed E-state index contributed by atoms with van der Waals surface area (Å²) in [5.41, 5.74) is 1.77. The molecule has 0 amide bonds. The monoisotopic (exact) mass is 262 g/mol. The number of ketones is 2. The summed E-state index contributed by atoms with van der Waals surface area (Å²) in [5, 5.41) is 0. The van der Waals surface area contributed by atoms with E-state index in [0.29, 0.717) is 12.0 Å². The molecule has 0 N–H and O–H groups in total. The van der Waals surface area contributed by atoms with Crippen LogP contribution in [0.1, 0.15) is 42.6 Å². The molecule has 2 rings (SSSR count). The Morgan fingerprint density at radius 3 is 2.83 bits per heavy atom. The molecule has 0 aliphatic carbocycles. The van der Waals surface area contributed by atoms with Gasteiger partial charge in [0.05, 0.1) is 0 Å². The van der Waals surface area contributed by atoms with Gasteiger partial charge in [-0.05, 0) is 48.3 Å². The molecular formula is C15H18O2S. The highest BCUT2D eigenvalue weighted by Crippen LogP contribution is 2.30. The van der Waals surface area contributed by atoms with Gasteiger partial charge in [0.25, 0.3) is 0 Å². The Morgan fingerprint density at radius 2 is 2.11 bits per heavy atom. The number of hydrogen-bond acceptors (Lipinski definition) is 3. The number of carbonyl (C=O) groups excluding carboxylic acids is 2. The third kappa shape index (κ3) is 3.02. The molecule has 1 aliphatic rings. The molecule has 1 aromatic carbocycles. The SMILES string of the molecule is CC(C)CC(=O)C(=O)c1ccc2c(c1)CCCS2. The van der Waals surface area contributed by atoms with Gasteiger partial charge in [-0.15, -0.1) is 11.8 Å². The highest BCUT2D eigenvalue weighted by atomic mass is 32.2. The van der Waals surface area contributed by atoms with E-state index < -0.39 is 0 Å². The van der Waals surface area contributed by atoms with Gasteiger partial charge in [-0.25, -0.2) is 0 Å². The van der Waals surface area contributed by atoms with Crippen LogP contribution >= 0.6 is 11.8 Å². The zero-order chi connectivity index (χ0) is 13.1. The number of rotatable bonds is 4. The van der Waals surface area contributed by atoms with Crippen LogP contribution in [0.4, 0.5) is 0 Å². The van der Waals surface area contributed by atoms with E-state index in [9.17, 15) is 9.59 Å². The smallest absolute Gasteiger partial charge is 0.228 e. The summed E-state index contributed by atoms with van der Waals surface area (Å²) < 4.78 is 0. The second-order valence-corrected chi connectivity index (χ2v) is 6.26. The van der Waals surface area contributed by atoms with Crippen LogP contribution in [0.15, 0.2) is 23.1 Å². The van der Waals surface area contributed by atoms with Crippen LogP contribution in [0, 0.1) is 5.92 Å². The molecule has 0 saturated carbocycles. The minimum atomic E-state index is -0.331. The number of benzene rings is 1. The van der Waals surface area contributed by atoms with Gasteiger partial charge < -0.3 is 0 Å². The van der Waals surface area contributed by atoms with E-state index in [1.807, 2.05) is 37.7 Å². The van der Waals surface area contributed by atoms with Crippen molar-refractivity contribution in [3.63, 3.8) is 0 Å². The summed E-state index contributed by atoms with van der Waals surface area (Å²) in [7, 11) is 0. The first-order valence-electron chi connectivity index (χ1n) is 6.41. The Hall–Kier alpha value is -1.09. The van der Waals surface area contributed by atoms with Gasteiger partial charge in [-0.1, -0.05) is 13.8 Å². The first-order chi connectivity index (χ1) is 8.58. The number of carbonyl (C=O) groups is 2. The molecule has 1 heterocycles. The molecular weight excluding hydrogens is 244 g/mol. The van der Waals surface area contributed by atoms with Gasteiger partial charge in [0.2, 0.25) is 11.6 Å². The highest BCUT2D eigenvalue weighted by Gasteiger charge is 2.19. The third-order valence-electron chi connectivity index (χ3n) is 3.02. The molecule has 0 saturated heterocycles. The maximum Gasteiger partial charge on any atom is 0.228 e. The van der Waals surface area contributed by atoms with Crippen LogP contribution in [0.2, 0.25) is 0 Å². The first-order valence-corrected chi connectivity index (χ1v) is 7.39. The largest absolute Gasteiger partial charge is 0.290 e. The van der Waals surface area contributed by atoms with E-state index in [1.165, 1.54) is 10.5 Å². The van der Waals surface area contributed by atoms with Gasteiger partial charge in [0.1, 0.15) is 0 Å². The van der Waals surface area contributed by atoms with Crippen molar-refractivity contribution in [3.8, 4) is 0 Å². The van der Waals surface area contributed by atoms with E-state index >= 15 is 0 Å². The van der Waals surface area contributed by atoms with Crippen LogP contribution in [-0.2, 0) is 11.2 Å². The number of hydrogen-bond donors (Lipinski definition) is 0. The maximum atomic E-state index is 12.0. The number of thioether (sulfide) groups is 1. The number of aryl methyl sites for hydroxylation is 1. The molecule has 0 aromatic heterocycles. The molecule has 0 bridgehead atoms. The summed E-state index contributed by atoms with van der Waals surface area (Å²) in [6.45, 7) is 3.91. The van der Waals surface area contributed by atoms with Crippen LogP contribution in [0.3, 0.4) is 0 Å². The fourth-order valence-electron chi connectivity index (χ4n) is 2.13. The first kappa shape index (κ1) is 13.3. The van der Waals surface area contributed by atoms with E-state index in [2.05, 4.69) is 0 Å². The predicted octanol–water partition coefficient (Wildman–Crippen LogP) is 3.52. The molecule has 0 fully saturated rings. The minimum absolute atomic E-state index is 0.231. The molecule has 3 heteroatoms. The quantitative estimate of drug-likeness (QED) is 0.615. The van der Waals surface area contributed by atoms with Crippen molar-refractivity contribution >= 4 is 23.3 Å². The second-order valence-electron chi connectivity index (χ2n) is 5.12. The lowest BCUT2D eigenvalue weighted by Gasteiger charge is -2.15. The molecule has 96 valence electrons. The lowest BCUT2D eigenvalue weighted by Crippen LogP contribution is -2.16. The Labute approximate surface area is 112 Å². The number of Topliss-reactive ketones (excluding diaryl/α,β-unsaturated/α-hetero) is 2. The van der Waals surface area contributed by atoms with E-state index in [-0.39, 0.29) is 17.5 Å². The van der Waals surface area contributed by atoms with Crippen molar-refractivity contribution in [1.29, 1.82) is 0 Å². The van der Waals surface area contributed by atoms with Crippen molar-refractivity contribution in [3.05, 3.63) is 29.3 Å². The molecule has 0 unspecified atom stereocenters. The number of fused-ring (bicyclic) bond motifs is 1. The van der Waals surface area contributed by atoms with Crippen molar-refractivity contribution in [2.45, 2.75) is 38.0 Å². The standard InChI is InChI=1S/C15H18O2S/c1-10(2)8-13(16)15(17)12-5-6-14-11(9-12)4-3-7-18-14/h5-6,9-10H,3-4,7-8H2,1-2H3. The molecule has 0 atom stereocenters.